The molecule has 1 saturated heterocycles. The van der Waals surface area contributed by atoms with Crippen molar-refractivity contribution in [1.29, 1.82) is 0 Å². The molecule has 0 spiro atoms. The number of ether oxygens (including phenoxy) is 1. The molecule has 1 N–H and O–H groups in total. The minimum Gasteiger partial charge on any atom is -0.466 e. The van der Waals surface area contributed by atoms with Gasteiger partial charge in [0.25, 0.3) is 0 Å². The maximum Gasteiger partial charge on any atom is 0.309 e. The highest BCUT2D eigenvalue weighted by Crippen LogP contribution is 2.22. The zero-order valence-electron chi connectivity index (χ0n) is 14.0. The van der Waals surface area contributed by atoms with Crippen molar-refractivity contribution in [3.63, 3.8) is 0 Å². The molecule has 0 unspecified atom stereocenters. The SMILES string of the molecule is CCOC(=O)C1CCN(C(=NC)NCc2ccc(Br)cc2Cl)CC1. The second kappa shape index (κ2) is 9.28. The van der Waals surface area contributed by atoms with Gasteiger partial charge in [-0.1, -0.05) is 33.6 Å². The van der Waals surface area contributed by atoms with Gasteiger partial charge in [-0.25, -0.2) is 0 Å². The van der Waals surface area contributed by atoms with E-state index in [-0.39, 0.29) is 11.9 Å². The highest BCUT2D eigenvalue weighted by molar-refractivity contribution is 9.10. The molecule has 1 aromatic rings. The summed E-state index contributed by atoms with van der Waals surface area (Å²) in [5, 5.41) is 4.06. The maximum atomic E-state index is 11.8. The highest BCUT2D eigenvalue weighted by atomic mass is 79.9. The van der Waals surface area contributed by atoms with E-state index in [1.807, 2.05) is 25.1 Å². The van der Waals surface area contributed by atoms with Crippen LogP contribution in [0.1, 0.15) is 25.3 Å². The number of nitrogens with zero attached hydrogens (tertiary/aromatic N) is 2. The van der Waals surface area contributed by atoms with Gasteiger partial charge in [0.05, 0.1) is 12.5 Å². The molecule has 2 rings (SSSR count). The van der Waals surface area contributed by atoms with Gasteiger partial charge < -0.3 is 15.0 Å². The summed E-state index contributed by atoms with van der Waals surface area (Å²) in [6, 6.07) is 5.84. The number of guanidine groups is 1. The van der Waals surface area contributed by atoms with E-state index in [4.69, 9.17) is 16.3 Å². The number of nitrogens with one attached hydrogen (secondary N) is 1. The zero-order chi connectivity index (χ0) is 17.5. The number of rotatable bonds is 4. The lowest BCUT2D eigenvalue weighted by atomic mass is 9.97. The fourth-order valence-corrected chi connectivity index (χ4v) is 3.50. The summed E-state index contributed by atoms with van der Waals surface area (Å²) >= 11 is 9.66. The van der Waals surface area contributed by atoms with Crippen LogP contribution in [0.4, 0.5) is 0 Å². The normalized spacial score (nSPS) is 16.2. The fraction of sp³-hybridized carbons (Fsp3) is 0.529. The summed E-state index contributed by atoms with van der Waals surface area (Å²) in [6.07, 6.45) is 1.58. The second-order valence-corrected chi connectivity index (χ2v) is 6.97. The van der Waals surface area contributed by atoms with Crippen LogP contribution in [0.15, 0.2) is 27.7 Å². The lowest BCUT2D eigenvalue weighted by Gasteiger charge is -2.33. The maximum absolute atomic E-state index is 11.8. The molecular formula is C17H23BrClN3O2. The minimum atomic E-state index is -0.0817. The number of halogens is 2. The lowest BCUT2D eigenvalue weighted by molar-refractivity contribution is -0.149. The lowest BCUT2D eigenvalue weighted by Crippen LogP contribution is -2.46. The molecule has 0 aliphatic carbocycles. The monoisotopic (exact) mass is 415 g/mol. The van der Waals surface area contributed by atoms with Crippen LogP contribution in [0.3, 0.4) is 0 Å². The number of carbonyl (C=O) groups excluding carboxylic acids is 1. The van der Waals surface area contributed by atoms with Crippen LogP contribution in [0, 0.1) is 5.92 Å². The van der Waals surface area contributed by atoms with Crippen molar-refractivity contribution in [1.82, 2.24) is 10.2 Å². The summed E-state index contributed by atoms with van der Waals surface area (Å²) in [5.41, 5.74) is 1.02. The molecule has 5 nitrogen and oxygen atoms in total. The Morgan fingerprint density at radius 3 is 2.75 bits per heavy atom. The Labute approximate surface area is 156 Å². The summed E-state index contributed by atoms with van der Waals surface area (Å²) in [6.45, 7) is 4.47. The quantitative estimate of drug-likeness (QED) is 0.464. The summed E-state index contributed by atoms with van der Waals surface area (Å²) in [7, 11) is 1.77. The molecule has 0 bridgehead atoms. The van der Waals surface area contributed by atoms with Crippen molar-refractivity contribution in [3.8, 4) is 0 Å². The van der Waals surface area contributed by atoms with Gasteiger partial charge in [-0.15, -0.1) is 0 Å². The summed E-state index contributed by atoms with van der Waals surface area (Å²) in [5.74, 6) is 0.748. The largest absolute Gasteiger partial charge is 0.466 e. The van der Waals surface area contributed by atoms with Gasteiger partial charge in [-0.2, -0.15) is 0 Å². The van der Waals surface area contributed by atoms with Crippen LogP contribution >= 0.6 is 27.5 Å². The molecule has 24 heavy (non-hydrogen) atoms. The Morgan fingerprint density at radius 1 is 1.46 bits per heavy atom. The molecule has 0 aromatic heterocycles. The molecule has 0 atom stereocenters. The first kappa shape index (κ1) is 19.1. The van der Waals surface area contributed by atoms with Crippen LogP contribution in [0.5, 0.6) is 0 Å². The molecule has 7 heteroatoms. The number of carbonyl (C=O) groups is 1. The number of hydrogen-bond acceptors (Lipinski definition) is 3. The van der Waals surface area contributed by atoms with Gasteiger partial charge in [0.1, 0.15) is 0 Å². The summed E-state index contributed by atoms with van der Waals surface area (Å²) in [4.78, 5) is 18.3. The van der Waals surface area contributed by atoms with E-state index in [2.05, 4.69) is 31.1 Å². The van der Waals surface area contributed by atoms with Crippen LogP contribution < -0.4 is 5.32 Å². The van der Waals surface area contributed by atoms with E-state index in [0.29, 0.717) is 18.2 Å². The Hall–Kier alpha value is -1.27. The summed E-state index contributed by atoms with van der Waals surface area (Å²) < 4.78 is 6.07. The van der Waals surface area contributed by atoms with E-state index in [9.17, 15) is 4.79 Å². The molecule has 0 radical (unpaired) electrons. The molecule has 1 aliphatic heterocycles. The molecule has 132 valence electrons. The van der Waals surface area contributed by atoms with E-state index in [0.717, 1.165) is 41.9 Å². The van der Waals surface area contributed by atoms with E-state index >= 15 is 0 Å². The van der Waals surface area contributed by atoms with Gasteiger partial charge in [0.2, 0.25) is 0 Å². The van der Waals surface area contributed by atoms with Crippen molar-refractivity contribution >= 4 is 39.5 Å². The number of esters is 1. The molecule has 1 aliphatic rings. The Balaban J connectivity index is 1.88. The third-order valence-corrected chi connectivity index (χ3v) is 4.92. The standard InChI is InChI=1S/C17H23BrClN3O2/c1-3-24-16(23)12-6-8-22(9-7-12)17(20-2)21-11-13-4-5-14(18)10-15(13)19/h4-5,10,12H,3,6-9,11H2,1-2H3,(H,20,21). The first-order chi connectivity index (χ1) is 11.5. The number of piperidine rings is 1. The van der Waals surface area contributed by atoms with Crippen LogP contribution in [-0.2, 0) is 16.1 Å². The molecule has 1 aromatic carbocycles. The third kappa shape index (κ3) is 5.11. The van der Waals surface area contributed by atoms with E-state index in [1.165, 1.54) is 0 Å². The van der Waals surface area contributed by atoms with Crippen molar-refractivity contribution in [3.05, 3.63) is 33.3 Å². The predicted octanol–water partition coefficient (Wildman–Crippen LogP) is 3.45. The Morgan fingerprint density at radius 2 is 2.17 bits per heavy atom. The highest BCUT2D eigenvalue weighted by Gasteiger charge is 2.27. The molecule has 1 heterocycles. The van der Waals surface area contributed by atoms with Gasteiger partial charge in [-0.3, -0.25) is 9.79 Å². The third-order valence-electron chi connectivity index (χ3n) is 4.08. The van der Waals surface area contributed by atoms with Crippen molar-refractivity contribution < 1.29 is 9.53 Å². The van der Waals surface area contributed by atoms with E-state index in [1.54, 1.807) is 7.05 Å². The average Bonchev–Trinajstić information content (AvgIpc) is 2.58. The van der Waals surface area contributed by atoms with E-state index < -0.39 is 0 Å². The van der Waals surface area contributed by atoms with Gasteiger partial charge in [0.15, 0.2) is 5.96 Å². The molecule has 0 saturated carbocycles. The van der Waals surface area contributed by atoms with Crippen molar-refractivity contribution in [2.75, 3.05) is 26.7 Å². The van der Waals surface area contributed by atoms with Crippen LogP contribution in [-0.4, -0.2) is 43.6 Å². The first-order valence-corrected chi connectivity index (χ1v) is 9.28. The second-order valence-electron chi connectivity index (χ2n) is 5.65. The minimum absolute atomic E-state index is 0.000208. The first-order valence-electron chi connectivity index (χ1n) is 8.11. The molecule has 1 fully saturated rings. The predicted molar refractivity (Wildman–Crippen MR) is 100 cm³/mol. The average molecular weight is 417 g/mol. The van der Waals surface area contributed by atoms with Gasteiger partial charge in [0, 0.05) is 36.2 Å². The van der Waals surface area contributed by atoms with Crippen LogP contribution in [0.25, 0.3) is 0 Å². The fourth-order valence-electron chi connectivity index (χ4n) is 2.76. The number of likely N-dealkylation sites (tertiary alicyclic amines) is 1. The van der Waals surface area contributed by atoms with Crippen molar-refractivity contribution in [2.24, 2.45) is 10.9 Å². The van der Waals surface area contributed by atoms with Gasteiger partial charge >= 0.3 is 5.97 Å². The topological polar surface area (TPSA) is 53.9 Å². The van der Waals surface area contributed by atoms with Crippen LogP contribution in [0.2, 0.25) is 5.02 Å². The zero-order valence-corrected chi connectivity index (χ0v) is 16.4. The Kier molecular flexibility index (Phi) is 7.37. The Bertz CT molecular complexity index is 601. The van der Waals surface area contributed by atoms with Gasteiger partial charge in [-0.05, 0) is 37.5 Å². The number of hydrogen-bond donors (Lipinski definition) is 1. The number of aliphatic imine (C=N–C) groups is 1. The molecule has 0 amide bonds. The molecular weight excluding hydrogens is 394 g/mol. The smallest absolute Gasteiger partial charge is 0.309 e. The number of benzene rings is 1. The van der Waals surface area contributed by atoms with Crippen molar-refractivity contribution in [2.45, 2.75) is 26.3 Å².